The number of hydrogen-bond acceptors (Lipinski definition) is 13. The minimum Gasteiger partial charge on any atom is -0.497 e. The van der Waals surface area contributed by atoms with Crippen LogP contribution in [0, 0.1) is 5.92 Å². The van der Waals surface area contributed by atoms with Crippen LogP contribution >= 0.6 is 11.3 Å². The number of allylic oxidation sites excluding steroid dienone is 1. The van der Waals surface area contributed by atoms with E-state index in [1.807, 2.05) is 37.4 Å². The van der Waals surface area contributed by atoms with Gasteiger partial charge in [0.15, 0.2) is 5.13 Å². The Labute approximate surface area is 354 Å². The van der Waals surface area contributed by atoms with Crippen molar-refractivity contribution in [1.29, 1.82) is 0 Å². The minimum absolute atomic E-state index is 0.0313. The number of carbonyl (C=O) groups excluding carboxylic acids is 4. The summed E-state index contributed by atoms with van der Waals surface area (Å²) >= 11 is 1.45. The molecule has 0 radical (unpaired) electrons. The second kappa shape index (κ2) is 17.2. The quantitative estimate of drug-likeness (QED) is 0.188. The van der Waals surface area contributed by atoms with Gasteiger partial charge in [-0.15, -0.1) is 11.3 Å². The lowest BCUT2D eigenvalue weighted by Gasteiger charge is -2.30. The molecule has 0 spiro atoms. The Kier molecular flexibility index (Phi) is 12.4. The monoisotopic (exact) mass is 865 g/mol. The molecule has 2 saturated carbocycles. The zero-order valence-electron chi connectivity index (χ0n) is 34.9. The summed E-state index contributed by atoms with van der Waals surface area (Å²) in [7, 11) is -2.35. The number of hydrogen-bond donors (Lipinski definition) is 4. The average Bonchev–Trinajstić information content (AvgIpc) is 4.06. The number of nitrogens with zero attached hydrogens (tertiary/aromatic N) is 3. The molecule has 4 N–H and O–H groups in total. The number of aromatic nitrogens is 2. The summed E-state index contributed by atoms with van der Waals surface area (Å²) in [5.41, 5.74) is -0.591. The molecule has 7 rings (SSSR count). The van der Waals surface area contributed by atoms with Crippen molar-refractivity contribution in [3.8, 4) is 22.9 Å². The predicted octanol–water partition coefficient (Wildman–Crippen LogP) is 5.43. The highest BCUT2D eigenvalue weighted by Crippen LogP contribution is 2.46. The zero-order chi connectivity index (χ0) is 43.0. The molecule has 4 heterocycles. The lowest BCUT2D eigenvalue weighted by molar-refractivity contribution is -0.141. The summed E-state index contributed by atoms with van der Waals surface area (Å²) in [5, 5.41) is 11.7. The van der Waals surface area contributed by atoms with Crippen molar-refractivity contribution in [2.75, 3.05) is 19.0 Å². The van der Waals surface area contributed by atoms with Crippen LogP contribution in [0.5, 0.6) is 11.5 Å². The molecular formula is C42H55N7O9S2. The summed E-state index contributed by atoms with van der Waals surface area (Å²) < 4.78 is 45.9. The normalized spacial score (nSPS) is 25.6. The first-order chi connectivity index (χ1) is 28.4. The van der Waals surface area contributed by atoms with Crippen LogP contribution in [0.2, 0.25) is 0 Å². The maximum Gasteiger partial charge on any atom is 0.408 e. The summed E-state index contributed by atoms with van der Waals surface area (Å²) in [6, 6.07) is 5.22. The van der Waals surface area contributed by atoms with E-state index in [2.05, 4.69) is 20.7 Å². The highest BCUT2D eigenvalue weighted by molar-refractivity contribution is 7.91. The fraction of sp³-hybridized carbons (Fsp3) is 0.571. The number of sulfonamides is 1. The van der Waals surface area contributed by atoms with Gasteiger partial charge in [0.25, 0.3) is 5.91 Å². The van der Waals surface area contributed by atoms with Crippen LogP contribution in [-0.4, -0.2) is 101 Å². The van der Waals surface area contributed by atoms with Gasteiger partial charge in [-0.1, -0.05) is 25.0 Å². The highest BCUT2D eigenvalue weighted by Gasteiger charge is 2.62. The van der Waals surface area contributed by atoms with E-state index in [0.29, 0.717) is 65.9 Å². The number of nitrogens with one attached hydrogen (secondary N) is 4. The third kappa shape index (κ3) is 9.96. The molecule has 2 aliphatic carbocycles. The molecule has 3 fully saturated rings. The minimum atomic E-state index is -3.91. The number of alkyl carbamates (subject to hydrolysis) is 1. The van der Waals surface area contributed by atoms with E-state index in [9.17, 15) is 27.6 Å². The van der Waals surface area contributed by atoms with Gasteiger partial charge in [-0.3, -0.25) is 19.1 Å². The summed E-state index contributed by atoms with van der Waals surface area (Å²) in [6.07, 6.45) is 6.62. The number of thiazole rings is 1. The van der Waals surface area contributed by atoms with Gasteiger partial charge in [-0.2, -0.15) is 0 Å². The van der Waals surface area contributed by atoms with Crippen molar-refractivity contribution >= 4 is 61.2 Å². The van der Waals surface area contributed by atoms with Crippen molar-refractivity contribution < 1.29 is 41.8 Å². The van der Waals surface area contributed by atoms with Gasteiger partial charge in [0.1, 0.15) is 46.5 Å². The maximum absolute atomic E-state index is 14.7. The second-order valence-electron chi connectivity index (χ2n) is 17.4. The first-order valence-corrected chi connectivity index (χ1v) is 23.1. The molecule has 2 aromatic heterocycles. The van der Waals surface area contributed by atoms with Crippen LogP contribution in [0.3, 0.4) is 0 Å². The fourth-order valence-corrected chi connectivity index (χ4v) is 9.93. The van der Waals surface area contributed by atoms with Crippen molar-refractivity contribution in [1.82, 2.24) is 30.2 Å². The number of rotatable bonds is 10. The van der Waals surface area contributed by atoms with Crippen molar-refractivity contribution in [3.05, 3.63) is 41.8 Å². The van der Waals surface area contributed by atoms with Crippen LogP contribution in [0.1, 0.15) is 92.4 Å². The second-order valence-corrected chi connectivity index (χ2v) is 20.2. The number of anilines is 1. The Morgan fingerprint density at radius 3 is 2.55 bits per heavy atom. The van der Waals surface area contributed by atoms with Gasteiger partial charge < -0.3 is 35.1 Å². The topological polar surface area (TPSA) is 207 Å². The third-order valence-electron chi connectivity index (χ3n) is 11.0. The molecule has 60 heavy (non-hydrogen) atoms. The van der Waals surface area contributed by atoms with E-state index in [4.69, 9.17) is 24.2 Å². The van der Waals surface area contributed by atoms with Crippen LogP contribution in [0.4, 0.5) is 9.93 Å². The Balaban J connectivity index is 1.23. The fourth-order valence-electron chi connectivity index (χ4n) is 7.71. The molecule has 1 unspecified atom stereocenters. The SMILES string of the molecule is COc1ccc2c(O[C@@H]3C[C@H]4C(=O)N[C@]5(C(=O)NS(=O)(=O)C6CC6)CC5/C=C\CCCCC[C@H](NC(=O)OC(C)(C)C)C(=O)N4C3)cc(-c3csc(NC(C)C)n3)nc2c1. The molecule has 1 saturated heterocycles. The lowest BCUT2D eigenvalue weighted by atomic mass is 10.0. The van der Waals surface area contributed by atoms with Crippen molar-refractivity contribution in [2.45, 2.75) is 133 Å². The molecule has 5 atom stereocenters. The smallest absolute Gasteiger partial charge is 0.408 e. The number of benzene rings is 1. The van der Waals surface area contributed by atoms with E-state index in [-0.39, 0.29) is 25.4 Å². The third-order valence-corrected chi connectivity index (χ3v) is 13.6. The maximum atomic E-state index is 14.7. The number of pyridine rings is 1. The molecule has 4 amide bonds. The number of fused-ring (bicyclic) bond motifs is 3. The van der Waals surface area contributed by atoms with Gasteiger partial charge >= 0.3 is 6.09 Å². The summed E-state index contributed by atoms with van der Waals surface area (Å²) in [4.78, 5) is 67.3. The number of carbonyl (C=O) groups is 4. The van der Waals surface area contributed by atoms with Gasteiger partial charge in [0, 0.05) is 41.3 Å². The molecule has 0 bridgehead atoms. The molecule has 18 heteroatoms. The zero-order valence-corrected chi connectivity index (χ0v) is 36.5. The van der Waals surface area contributed by atoms with E-state index < -0.39 is 74.3 Å². The molecule has 4 aliphatic rings. The average molecular weight is 866 g/mol. The van der Waals surface area contributed by atoms with Gasteiger partial charge in [0.2, 0.25) is 21.8 Å². The van der Waals surface area contributed by atoms with Gasteiger partial charge in [-0.25, -0.2) is 23.2 Å². The molecule has 16 nitrogen and oxygen atoms in total. The molecular weight excluding hydrogens is 811 g/mol. The lowest BCUT2D eigenvalue weighted by Crippen LogP contribution is -2.58. The van der Waals surface area contributed by atoms with Crippen LogP contribution < -0.4 is 30.1 Å². The summed E-state index contributed by atoms with van der Waals surface area (Å²) in [5.74, 6) is -1.34. The Hall–Kier alpha value is -4.97. The van der Waals surface area contributed by atoms with Crippen LogP contribution in [0.25, 0.3) is 22.3 Å². The Morgan fingerprint density at radius 2 is 1.83 bits per heavy atom. The molecule has 3 aromatic rings. The number of ether oxygens (including phenoxy) is 3. The molecule has 1 aromatic carbocycles. The number of amides is 4. The van der Waals surface area contributed by atoms with Gasteiger partial charge in [0.05, 0.1) is 30.1 Å². The largest absolute Gasteiger partial charge is 0.497 e. The van der Waals surface area contributed by atoms with Gasteiger partial charge in [-0.05, 0) is 85.3 Å². The molecule has 324 valence electrons. The first kappa shape index (κ1) is 43.1. The standard InChI is InChI=1S/C42H55N7O9S2/c1-24(2)43-39-45-33(23-59-39)32-20-35(29-17-14-26(56-6)18-31(29)44-32)57-27-19-34-36(50)47-42(38(52)48-60(54,55)28-15-16-28)21-25(42)12-10-8-7-9-11-13-30(37(51)49(34)22-27)46-40(53)58-41(3,4)5/h10,12,14,17-18,20,23-25,27-28,30,34H,7-9,11,13,15-16,19,21-22H2,1-6H3,(H,43,45)(H,46,53)(H,47,50)(H,48,52)/b12-10-/t25?,27-,30+,34+,42-/m1/s1. The molecule has 2 aliphatic heterocycles. The van der Waals surface area contributed by atoms with Crippen molar-refractivity contribution in [3.63, 3.8) is 0 Å². The van der Waals surface area contributed by atoms with Crippen molar-refractivity contribution in [2.24, 2.45) is 5.92 Å². The van der Waals surface area contributed by atoms with E-state index >= 15 is 0 Å². The van der Waals surface area contributed by atoms with Crippen LogP contribution in [-0.2, 0) is 29.1 Å². The summed E-state index contributed by atoms with van der Waals surface area (Å²) in [6.45, 7) is 9.21. The highest BCUT2D eigenvalue weighted by atomic mass is 32.2. The predicted molar refractivity (Wildman–Crippen MR) is 227 cm³/mol. The van der Waals surface area contributed by atoms with E-state index in [1.165, 1.54) is 16.2 Å². The first-order valence-electron chi connectivity index (χ1n) is 20.7. The van der Waals surface area contributed by atoms with E-state index in [0.717, 1.165) is 18.0 Å². The van der Waals surface area contributed by atoms with Crippen LogP contribution in [0.15, 0.2) is 41.8 Å². The number of methoxy groups -OCH3 is 1. The van der Waals surface area contributed by atoms with E-state index in [1.54, 1.807) is 46.1 Å². The Bertz CT molecular complexity index is 2270. The Morgan fingerprint density at radius 1 is 1.05 bits per heavy atom.